The lowest BCUT2D eigenvalue weighted by Crippen LogP contribution is -2.52. The van der Waals surface area contributed by atoms with Crippen LogP contribution in [0.25, 0.3) is 0 Å². The van der Waals surface area contributed by atoms with Crippen molar-refractivity contribution in [1.29, 1.82) is 0 Å². The Morgan fingerprint density at radius 1 is 1.26 bits per heavy atom. The molecule has 0 saturated carbocycles. The Kier molecular flexibility index (Phi) is 5.52. The number of alkyl halides is 2. The molecule has 1 saturated heterocycles. The zero-order valence-electron chi connectivity index (χ0n) is 12.8. The Balaban J connectivity index is 1.94. The molecule has 0 spiro atoms. The van der Waals surface area contributed by atoms with Crippen LogP contribution in [0, 0.1) is 5.92 Å². The molecular weight excluding hydrogens is 308 g/mol. The van der Waals surface area contributed by atoms with Gasteiger partial charge in [0.1, 0.15) is 12.5 Å². The van der Waals surface area contributed by atoms with Crippen LogP contribution in [-0.4, -0.2) is 42.6 Å². The van der Waals surface area contributed by atoms with E-state index in [1.807, 2.05) is 6.07 Å². The Hall–Kier alpha value is -2.18. The average molecular weight is 327 g/mol. The molecule has 1 heterocycles. The monoisotopic (exact) mass is 327 g/mol. The lowest BCUT2D eigenvalue weighted by molar-refractivity contribution is -0.171. The van der Waals surface area contributed by atoms with Gasteiger partial charge in [0.05, 0.1) is 6.61 Å². The van der Waals surface area contributed by atoms with Gasteiger partial charge in [0, 0.05) is 19.5 Å². The maximum absolute atomic E-state index is 13.9. The molecule has 0 N–H and O–H groups in total. The van der Waals surface area contributed by atoms with Gasteiger partial charge in [-0.1, -0.05) is 30.3 Å². The van der Waals surface area contributed by atoms with Gasteiger partial charge in [0.25, 0.3) is 5.92 Å². The molecule has 1 unspecified atom stereocenters. The second-order valence-corrected chi connectivity index (χ2v) is 5.30. The first-order chi connectivity index (χ1) is 10.9. The van der Waals surface area contributed by atoms with Gasteiger partial charge in [-0.3, -0.25) is 4.79 Å². The van der Waals surface area contributed by atoms with E-state index in [9.17, 15) is 18.4 Å². The maximum atomic E-state index is 13.9. The SMILES string of the molecule is CCOC(=O)C1CN(C(=O)OCc2ccccc2)CCC1(F)F. The van der Waals surface area contributed by atoms with Crippen molar-refractivity contribution >= 4 is 12.1 Å². The van der Waals surface area contributed by atoms with Crippen LogP contribution in [-0.2, 0) is 20.9 Å². The number of esters is 1. The third-order valence-electron chi connectivity index (χ3n) is 3.66. The van der Waals surface area contributed by atoms with Gasteiger partial charge in [0.2, 0.25) is 0 Å². The van der Waals surface area contributed by atoms with Crippen molar-refractivity contribution in [2.24, 2.45) is 5.92 Å². The van der Waals surface area contributed by atoms with Gasteiger partial charge >= 0.3 is 12.1 Å². The summed E-state index contributed by atoms with van der Waals surface area (Å²) in [4.78, 5) is 24.8. The van der Waals surface area contributed by atoms with Crippen LogP contribution in [0.5, 0.6) is 0 Å². The van der Waals surface area contributed by atoms with Crippen molar-refractivity contribution in [3.8, 4) is 0 Å². The number of nitrogens with zero attached hydrogens (tertiary/aromatic N) is 1. The highest BCUT2D eigenvalue weighted by Gasteiger charge is 2.50. The number of carbonyl (C=O) groups excluding carboxylic acids is 2. The number of halogens is 2. The first-order valence-corrected chi connectivity index (χ1v) is 7.44. The largest absolute Gasteiger partial charge is 0.466 e. The molecular formula is C16H19F2NO4. The number of ether oxygens (including phenoxy) is 2. The summed E-state index contributed by atoms with van der Waals surface area (Å²) in [5.41, 5.74) is 0.796. The normalized spacial score (nSPS) is 20.0. The third-order valence-corrected chi connectivity index (χ3v) is 3.66. The molecule has 23 heavy (non-hydrogen) atoms. The minimum Gasteiger partial charge on any atom is -0.466 e. The molecule has 0 bridgehead atoms. The molecule has 1 aromatic carbocycles. The number of likely N-dealkylation sites (tertiary alicyclic amines) is 1. The lowest BCUT2D eigenvalue weighted by Gasteiger charge is -2.36. The zero-order chi connectivity index (χ0) is 16.9. The van der Waals surface area contributed by atoms with Crippen molar-refractivity contribution in [3.63, 3.8) is 0 Å². The summed E-state index contributed by atoms with van der Waals surface area (Å²) in [5.74, 6) is -5.82. The van der Waals surface area contributed by atoms with E-state index in [0.29, 0.717) is 0 Å². The summed E-state index contributed by atoms with van der Waals surface area (Å²) in [6.07, 6.45) is -1.30. The number of benzene rings is 1. The van der Waals surface area contributed by atoms with Crippen molar-refractivity contribution in [2.45, 2.75) is 25.9 Å². The minimum absolute atomic E-state index is 0.0177. The fraction of sp³-hybridized carbons (Fsp3) is 0.500. The van der Waals surface area contributed by atoms with Crippen molar-refractivity contribution in [1.82, 2.24) is 4.90 Å². The van der Waals surface area contributed by atoms with E-state index in [1.165, 1.54) is 0 Å². The quantitative estimate of drug-likeness (QED) is 0.798. The molecule has 0 radical (unpaired) electrons. The number of hydrogen-bond acceptors (Lipinski definition) is 4. The smallest absolute Gasteiger partial charge is 0.410 e. The summed E-state index contributed by atoms with van der Waals surface area (Å²) >= 11 is 0. The van der Waals surface area contributed by atoms with Gasteiger partial charge in [-0.05, 0) is 12.5 Å². The van der Waals surface area contributed by atoms with E-state index in [2.05, 4.69) is 4.74 Å². The first kappa shape index (κ1) is 17.2. The van der Waals surface area contributed by atoms with Gasteiger partial charge < -0.3 is 14.4 Å². The molecule has 0 aromatic heterocycles. The van der Waals surface area contributed by atoms with Crippen molar-refractivity contribution in [2.75, 3.05) is 19.7 Å². The Morgan fingerprint density at radius 3 is 2.61 bits per heavy atom. The van der Waals surface area contributed by atoms with Crippen LogP contribution in [0.4, 0.5) is 13.6 Å². The molecule has 5 nitrogen and oxygen atoms in total. The van der Waals surface area contributed by atoms with E-state index in [1.54, 1.807) is 31.2 Å². The highest BCUT2D eigenvalue weighted by Crippen LogP contribution is 2.34. The number of amides is 1. The van der Waals surface area contributed by atoms with Crippen LogP contribution in [0.2, 0.25) is 0 Å². The van der Waals surface area contributed by atoms with Crippen LogP contribution in [0.3, 0.4) is 0 Å². The maximum Gasteiger partial charge on any atom is 0.410 e. The Bertz CT molecular complexity index is 550. The van der Waals surface area contributed by atoms with Crippen LogP contribution < -0.4 is 0 Å². The predicted octanol–water partition coefficient (Wildman–Crippen LogP) is 2.84. The van der Waals surface area contributed by atoms with Crippen molar-refractivity contribution < 1.29 is 27.8 Å². The second-order valence-electron chi connectivity index (χ2n) is 5.30. The van der Waals surface area contributed by atoms with Crippen molar-refractivity contribution in [3.05, 3.63) is 35.9 Å². The molecule has 2 rings (SSSR count). The molecule has 0 aliphatic carbocycles. The lowest BCUT2D eigenvalue weighted by atomic mass is 9.94. The molecule has 1 amide bonds. The highest BCUT2D eigenvalue weighted by atomic mass is 19.3. The summed E-state index contributed by atoms with van der Waals surface area (Å²) in [7, 11) is 0. The summed E-state index contributed by atoms with van der Waals surface area (Å²) in [6.45, 7) is 1.06. The fourth-order valence-corrected chi connectivity index (χ4v) is 2.37. The van der Waals surface area contributed by atoms with E-state index in [-0.39, 0.29) is 19.8 Å². The molecule has 1 aliphatic heterocycles. The predicted molar refractivity (Wildman–Crippen MR) is 77.9 cm³/mol. The summed E-state index contributed by atoms with van der Waals surface area (Å²) < 4.78 is 37.5. The number of rotatable bonds is 4. The minimum atomic E-state index is -3.18. The Labute approximate surface area is 133 Å². The highest BCUT2D eigenvalue weighted by molar-refractivity contribution is 5.76. The summed E-state index contributed by atoms with van der Waals surface area (Å²) in [6, 6.07) is 9.03. The number of hydrogen-bond donors (Lipinski definition) is 0. The van der Waals surface area contributed by atoms with Crippen LogP contribution in [0.1, 0.15) is 18.9 Å². The molecule has 126 valence electrons. The molecule has 1 atom stereocenters. The van der Waals surface area contributed by atoms with Gasteiger partial charge in [-0.2, -0.15) is 0 Å². The van der Waals surface area contributed by atoms with Crippen LogP contribution in [0.15, 0.2) is 30.3 Å². The third kappa shape index (κ3) is 4.40. The van der Waals surface area contributed by atoms with Gasteiger partial charge in [-0.25, -0.2) is 13.6 Å². The van der Waals surface area contributed by atoms with E-state index < -0.39 is 36.9 Å². The Morgan fingerprint density at radius 2 is 1.96 bits per heavy atom. The molecule has 1 fully saturated rings. The fourth-order valence-electron chi connectivity index (χ4n) is 2.37. The van der Waals surface area contributed by atoms with E-state index in [0.717, 1.165) is 10.5 Å². The van der Waals surface area contributed by atoms with E-state index in [4.69, 9.17) is 4.74 Å². The second kappa shape index (κ2) is 7.39. The topological polar surface area (TPSA) is 55.8 Å². The zero-order valence-corrected chi connectivity index (χ0v) is 12.8. The van der Waals surface area contributed by atoms with Gasteiger partial charge in [-0.15, -0.1) is 0 Å². The average Bonchev–Trinajstić information content (AvgIpc) is 2.53. The van der Waals surface area contributed by atoms with Crippen LogP contribution >= 0.6 is 0 Å². The number of piperidine rings is 1. The first-order valence-electron chi connectivity index (χ1n) is 7.44. The standard InChI is InChI=1S/C16H19F2NO4/c1-2-22-14(20)13-10-19(9-8-16(13,17)18)15(21)23-11-12-6-4-3-5-7-12/h3-7,13H,2,8-11H2,1H3. The molecule has 1 aliphatic rings. The molecule has 7 heteroatoms. The molecule has 1 aromatic rings. The number of carbonyl (C=O) groups is 2. The van der Waals surface area contributed by atoms with E-state index >= 15 is 0 Å². The summed E-state index contributed by atoms with van der Waals surface area (Å²) in [5, 5.41) is 0. The van der Waals surface area contributed by atoms with Gasteiger partial charge in [0.15, 0.2) is 0 Å².